The molecule has 0 aromatic rings. The van der Waals surface area contributed by atoms with Crippen LogP contribution in [0.15, 0.2) is 0 Å². The summed E-state index contributed by atoms with van der Waals surface area (Å²) in [5.41, 5.74) is 0. The van der Waals surface area contributed by atoms with Crippen molar-refractivity contribution in [2.24, 2.45) is 11.8 Å². The standard InChI is InChI=1S/C9H17F2N/c1-6-3-4-7(12-2)5-8(6)9(10)11/h6-9,12H,3-5H2,1-2H3. The van der Waals surface area contributed by atoms with Gasteiger partial charge in [0.15, 0.2) is 0 Å². The Bertz CT molecular complexity index is 138. The first-order valence-corrected chi connectivity index (χ1v) is 4.60. The fourth-order valence-corrected chi connectivity index (χ4v) is 1.97. The van der Waals surface area contributed by atoms with Crippen LogP contribution < -0.4 is 5.32 Å². The van der Waals surface area contributed by atoms with Gasteiger partial charge in [-0.05, 0) is 32.2 Å². The monoisotopic (exact) mass is 177 g/mol. The smallest absolute Gasteiger partial charge is 0.241 e. The van der Waals surface area contributed by atoms with Gasteiger partial charge in [0, 0.05) is 12.0 Å². The zero-order valence-corrected chi connectivity index (χ0v) is 7.69. The molecule has 0 amide bonds. The number of hydrogen-bond donors (Lipinski definition) is 1. The van der Waals surface area contributed by atoms with E-state index in [1.54, 1.807) is 0 Å². The summed E-state index contributed by atoms with van der Waals surface area (Å²) >= 11 is 0. The fourth-order valence-electron chi connectivity index (χ4n) is 1.97. The predicted molar refractivity (Wildman–Crippen MR) is 45.4 cm³/mol. The normalized spacial score (nSPS) is 37.2. The molecule has 0 radical (unpaired) electrons. The van der Waals surface area contributed by atoms with E-state index in [-0.39, 0.29) is 5.92 Å². The summed E-state index contributed by atoms with van der Waals surface area (Å²) < 4.78 is 24.9. The van der Waals surface area contributed by atoms with Crippen molar-refractivity contribution in [2.45, 2.75) is 38.7 Å². The third-order valence-corrected chi connectivity index (χ3v) is 2.99. The third kappa shape index (κ3) is 2.16. The molecule has 12 heavy (non-hydrogen) atoms. The maximum atomic E-state index is 12.5. The molecule has 1 saturated carbocycles. The largest absolute Gasteiger partial charge is 0.317 e. The molecule has 72 valence electrons. The van der Waals surface area contributed by atoms with Crippen molar-refractivity contribution < 1.29 is 8.78 Å². The lowest BCUT2D eigenvalue weighted by molar-refractivity contribution is 0.0188. The minimum atomic E-state index is -2.14. The molecule has 0 heterocycles. The molecule has 0 aromatic carbocycles. The highest BCUT2D eigenvalue weighted by Gasteiger charge is 2.32. The highest BCUT2D eigenvalue weighted by molar-refractivity contribution is 4.82. The Morgan fingerprint density at radius 2 is 2.00 bits per heavy atom. The van der Waals surface area contributed by atoms with Crippen LogP contribution in [-0.2, 0) is 0 Å². The molecule has 0 aromatic heterocycles. The van der Waals surface area contributed by atoms with Crippen molar-refractivity contribution in [3.05, 3.63) is 0 Å². The highest BCUT2D eigenvalue weighted by atomic mass is 19.3. The molecule has 1 N–H and O–H groups in total. The van der Waals surface area contributed by atoms with Crippen molar-refractivity contribution in [1.29, 1.82) is 0 Å². The molecule has 1 rings (SSSR count). The highest BCUT2D eigenvalue weighted by Crippen LogP contribution is 2.33. The second-order valence-electron chi connectivity index (χ2n) is 3.77. The van der Waals surface area contributed by atoms with Crippen LogP contribution in [0.1, 0.15) is 26.2 Å². The zero-order valence-electron chi connectivity index (χ0n) is 7.69. The molecule has 1 nitrogen and oxygen atoms in total. The van der Waals surface area contributed by atoms with Gasteiger partial charge in [0.25, 0.3) is 0 Å². The third-order valence-electron chi connectivity index (χ3n) is 2.99. The van der Waals surface area contributed by atoms with Gasteiger partial charge in [0.05, 0.1) is 0 Å². The van der Waals surface area contributed by atoms with Gasteiger partial charge in [-0.15, -0.1) is 0 Å². The van der Waals surface area contributed by atoms with Crippen molar-refractivity contribution in [2.75, 3.05) is 7.05 Å². The lowest BCUT2D eigenvalue weighted by Gasteiger charge is -2.33. The molecule has 0 spiro atoms. The number of nitrogens with one attached hydrogen (secondary N) is 1. The topological polar surface area (TPSA) is 12.0 Å². The second kappa shape index (κ2) is 4.17. The molecule has 1 aliphatic rings. The Kier molecular flexibility index (Phi) is 3.44. The molecule has 1 aliphatic carbocycles. The van der Waals surface area contributed by atoms with Gasteiger partial charge >= 0.3 is 0 Å². The van der Waals surface area contributed by atoms with E-state index in [1.165, 1.54) is 0 Å². The van der Waals surface area contributed by atoms with E-state index in [1.807, 2.05) is 14.0 Å². The minimum absolute atomic E-state index is 0.189. The first-order valence-electron chi connectivity index (χ1n) is 4.60. The summed E-state index contributed by atoms with van der Waals surface area (Å²) in [4.78, 5) is 0. The number of alkyl halides is 2. The molecule has 0 aliphatic heterocycles. The van der Waals surface area contributed by atoms with E-state index < -0.39 is 12.3 Å². The molecule has 0 bridgehead atoms. The van der Waals surface area contributed by atoms with Gasteiger partial charge in [-0.1, -0.05) is 6.92 Å². The van der Waals surface area contributed by atoms with Crippen molar-refractivity contribution in [1.82, 2.24) is 5.32 Å². The minimum Gasteiger partial charge on any atom is -0.317 e. The van der Waals surface area contributed by atoms with E-state index in [2.05, 4.69) is 5.32 Å². The van der Waals surface area contributed by atoms with Crippen LogP contribution >= 0.6 is 0 Å². The Labute approximate surface area is 72.5 Å². The molecule has 0 saturated heterocycles. The fraction of sp³-hybridized carbons (Fsp3) is 1.00. The van der Waals surface area contributed by atoms with E-state index in [0.29, 0.717) is 12.5 Å². The maximum absolute atomic E-state index is 12.5. The van der Waals surface area contributed by atoms with Crippen LogP contribution in [0.25, 0.3) is 0 Å². The van der Waals surface area contributed by atoms with Crippen LogP contribution in [0.4, 0.5) is 8.78 Å². The van der Waals surface area contributed by atoms with E-state index in [0.717, 1.165) is 12.8 Å². The summed E-state index contributed by atoms with van der Waals surface area (Å²) in [7, 11) is 1.85. The summed E-state index contributed by atoms with van der Waals surface area (Å²) in [5, 5.41) is 3.08. The molecule has 3 heteroatoms. The van der Waals surface area contributed by atoms with Crippen LogP contribution in [0.2, 0.25) is 0 Å². The summed E-state index contributed by atoms with van der Waals surface area (Å²) in [5.74, 6) is -0.203. The van der Waals surface area contributed by atoms with Gasteiger partial charge in [-0.3, -0.25) is 0 Å². The SMILES string of the molecule is CNC1CCC(C)C(C(F)F)C1. The number of rotatable bonds is 2. The quantitative estimate of drug-likeness (QED) is 0.682. The molecule has 3 atom stereocenters. The number of hydrogen-bond acceptors (Lipinski definition) is 1. The Hall–Kier alpha value is -0.180. The van der Waals surface area contributed by atoms with E-state index >= 15 is 0 Å². The summed E-state index contributed by atoms with van der Waals surface area (Å²) in [6.45, 7) is 1.93. The van der Waals surface area contributed by atoms with Crippen molar-refractivity contribution in [3.8, 4) is 0 Å². The molecule has 3 unspecified atom stereocenters. The Morgan fingerprint density at radius 3 is 2.50 bits per heavy atom. The lowest BCUT2D eigenvalue weighted by atomic mass is 9.78. The van der Waals surface area contributed by atoms with Gasteiger partial charge in [-0.2, -0.15) is 0 Å². The van der Waals surface area contributed by atoms with Gasteiger partial charge in [0.2, 0.25) is 6.43 Å². The zero-order chi connectivity index (χ0) is 9.14. The van der Waals surface area contributed by atoms with Gasteiger partial charge in [0.1, 0.15) is 0 Å². The Balaban J connectivity index is 2.47. The summed E-state index contributed by atoms with van der Waals surface area (Å²) in [6.07, 6.45) is 0.465. The predicted octanol–water partition coefficient (Wildman–Crippen LogP) is 2.28. The first kappa shape index (κ1) is 9.90. The molecular formula is C9H17F2N. The van der Waals surface area contributed by atoms with E-state index in [9.17, 15) is 8.78 Å². The van der Waals surface area contributed by atoms with Crippen LogP contribution in [0.3, 0.4) is 0 Å². The average Bonchev–Trinajstić information content (AvgIpc) is 2.05. The molecule has 1 fully saturated rings. The average molecular weight is 177 g/mol. The summed E-state index contributed by atoms with van der Waals surface area (Å²) in [6, 6.07) is 0.306. The van der Waals surface area contributed by atoms with Crippen LogP contribution in [0.5, 0.6) is 0 Å². The van der Waals surface area contributed by atoms with Crippen molar-refractivity contribution in [3.63, 3.8) is 0 Å². The lowest BCUT2D eigenvalue weighted by Crippen LogP contribution is -2.37. The maximum Gasteiger partial charge on any atom is 0.241 e. The first-order chi connectivity index (χ1) is 5.65. The van der Waals surface area contributed by atoms with Gasteiger partial charge in [-0.25, -0.2) is 8.78 Å². The van der Waals surface area contributed by atoms with E-state index in [4.69, 9.17) is 0 Å². The second-order valence-corrected chi connectivity index (χ2v) is 3.77. The van der Waals surface area contributed by atoms with Crippen LogP contribution in [0, 0.1) is 11.8 Å². The van der Waals surface area contributed by atoms with Crippen molar-refractivity contribution >= 4 is 0 Å². The van der Waals surface area contributed by atoms with Crippen LogP contribution in [-0.4, -0.2) is 19.5 Å². The molecular weight excluding hydrogens is 160 g/mol. The Morgan fingerprint density at radius 1 is 1.33 bits per heavy atom. The van der Waals surface area contributed by atoms with Gasteiger partial charge < -0.3 is 5.32 Å². The number of halogens is 2.